The highest BCUT2D eigenvalue weighted by Gasteiger charge is 2.39. The van der Waals surface area contributed by atoms with Crippen molar-refractivity contribution in [1.29, 1.82) is 0 Å². The number of nitrogens with zero attached hydrogens (tertiary/aromatic N) is 2. The minimum atomic E-state index is -2.68. The second-order valence-electron chi connectivity index (χ2n) is 8.85. The zero-order valence-corrected chi connectivity index (χ0v) is 23.4. The molecule has 2 atom stereocenters. The first-order chi connectivity index (χ1) is 16.9. The van der Waals surface area contributed by atoms with Crippen molar-refractivity contribution in [2.24, 2.45) is 0 Å². The molecule has 0 aromatic carbocycles. The molecular weight excluding hydrogens is 462 g/mol. The number of carbonyl (C=O) groups is 1. The Morgan fingerprint density at radius 3 is 2.00 bits per heavy atom. The summed E-state index contributed by atoms with van der Waals surface area (Å²) >= 11 is 0. The van der Waals surface area contributed by atoms with Crippen LogP contribution in [0.2, 0.25) is 6.04 Å². The average Bonchev–Trinajstić information content (AvgIpc) is 2.85. The maximum atomic E-state index is 13.0. The van der Waals surface area contributed by atoms with Gasteiger partial charge in [0.25, 0.3) is 0 Å². The minimum absolute atomic E-state index is 0.0124. The quantitative estimate of drug-likeness (QED) is 0.327. The van der Waals surface area contributed by atoms with E-state index in [2.05, 4.69) is 48.0 Å². The number of amides is 2. The number of pyridine rings is 1. The molecule has 0 saturated heterocycles. The number of carbonyl (C=O) groups excluding carboxylic acids is 1. The summed E-state index contributed by atoms with van der Waals surface area (Å²) in [6, 6.07) is 7.23. The largest absolute Gasteiger partial charge is 0.500 e. The fraction of sp³-hybridized carbons (Fsp3) is 0.760. The minimum Gasteiger partial charge on any atom is -0.374 e. The molecule has 3 N–H and O–H groups in total. The van der Waals surface area contributed by atoms with E-state index < -0.39 is 8.80 Å². The second kappa shape index (κ2) is 16.2. The van der Waals surface area contributed by atoms with Crippen LogP contribution >= 0.6 is 0 Å². The van der Waals surface area contributed by atoms with Crippen LogP contribution in [0.25, 0.3) is 0 Å². The van der Waals surface area contributed by atoms with Crippen LogP contribution in [0.4, 0.5) is 4.79 Å². The van der Waals surface area contributed by atoms with Crippen molar-refractivity contribution in [1.82, 2.24) is 25.8 Å². The second-order valence-corrected chi connectivity index (χ2v) is 11.6. The van der Waals surface area contributed by atoms with E-state index in [9.17, 15) is 4.79 Å². The van der Waals surface area contributed by atoms with E-state index in [1.807, 2.05) is 25.7 Å². The Balaban J connectivity index is 1.89. The summed E-state index contributed by atoms with van der Waals surface area (Å²) in [7, 11) is -2.68. The third kappa shape index (κ3) is 10.1. The molecule has 0 radical (unpaired) electrons. The molecule has 9 nitrogen and oxygen atoms in total. The maximum Gasteiger partial charge on any atom is 0.500 e. The molecule has 200 valence electrons. The van der Waals surface area contributed by atoms with E-state index >= 15 is 0 Å². The van der Waals surface area contributed by atoms with Crippen LogP contribution in [-0.2, 0) is 13.3 Å². The van der Waals surface area contributed by atoms with Crippen molar-refractivity contribution in [3.63, 3.8) is 0 Å². The molecule has 0 fully saturated rings. The molecule has 0 spiro atoms. The number of rotatable bonds is 10. The SMILES string of the molecule is CCO[Si](CCCNC(=O)N1CCCNC(C)c2cccc(n2)C(C)NCCC1)(OCC)OCC. The monoisotopic (exact) mass is 509 g/mol. The lowest BCUT2D eigenvalue weighted by molar-refractivity contribution is 0.0708. The van der Waals surface area contributed by atoms with Gasteiger partial charge in [-0.3, -0.25) is 4.98 Å². The maximum absolute atomic E-state index is 13.0. The zero-order valence-electron chi connectivity index (χ0n) is 22.4. The molecular formula is C25H47N5O4Si. The highest BCUT2D eigenvalue weighted by molar-refractivity contribution is 6.60. The molecule has 0 aliphatic carbocycles. The van der Waals surface area contributed by atoms with Gasteiger partial charge in [0.2, 0.25) is 0 Å². The lowest BCUT2D eigenvalue weighted by atomic mass is 10.1. The number of hydrogen-bond donors (Lipinski definition) is 3. The van der Waals surface area contributed by atoms with E-state index in [1.165, 1.54) is 0 Å². The normalized spacial score (nSPS) is 20.3. The van der Waals surface area contributed by atoms with Gasteiger partial charge >= 0.3 is 14.8 Å². The predicted octanol–water partition coefficient (Wildman–Crippen LogP) is 3.63. The molecule has 2 amide bonds. The van der Waals surface area contributed by atoms with Crippen LogP contribution in [0.15, 0.2) is 18.2 Å². The standard InChI is InChI=1S/C25H47N5O4Si/c1-6-32-35(33-7-2,34-8-3)20-12-17-28-25(31)30-18-10-15-26-21(4)23-13-9-14-24(29-23)22(5)27-16-11-19-30/h9,13-14,21-22,26-27H,6-8,10-12,15-20H2,1-5H3,(H,28,31). The van der Waals surface area contributed by atoms with Crippen molar-refractivity contribution >= 4 is 14.8 Å². The number of hydrogen-bond acceptors (Lipinski definition) is 7. The molecule has 2 unspecified atom stereocenters. The van der Waals surface area contributed by atoms with Crippen LogP contribution in [0.5, 0.6) is 0 Å². The Hall–Kier alpha value is -1.56. The van der Waals surface area contributed by atoms with E-state index in [0.717, 1.165) is 43.7 Å². The van der Waals surface area contributed by atoms with Crippen LogP contribution in [0.1, 0.15) is 77.4 Å². The Morgan fingerprint density at radius 1 is 1.00 bits per heavy atom. The molecule has 35 heavy (non-hydrogen) atoms. The van der Waals surface area contributed by atoms with Crippen molar-refractivity contribution in [3.05, 3.63) is 29.6 Å². The first-order valence-electron chi connectivity index (χ1n) is 13.3. The fourth-order valence-corrected chi connectivity index (χ4v) is 6.88. The molecule has 1 aliphatic rings. The molecule has 1 aromatic heterocycles. The van der Waals surface area contributed by atoms with Gasteiger partial charge in [-0.05, 0) is 79.1 Å². The summed E-state index contributed by atoms with van der Waals surface area (Å²) in [6.07, 6.45) is 2.53. The summed E-state index contributed by atoms with van der Waals surface area (Å²) < 4.78 is 17.7. The summed E-state index contributed by atoms with van der Waals surface area (Å²) in [6.45, 7) is 15.5. The topological polar surface area (TPSA) is 97.0 Å². The van der Waals surface area contributed by atoms with Gasteiger partial charge < -0.3 is 34.1 Å². The zero-order chi connectivity index (χ0) is 25.5. The first kappa shape index (κ1) is 29.7. The molecule has 2 rings (SSSR count). The number of fused-ring (bicyclic) bond motifs is 2. The Morgan fingerprint density at radius 2 is 1.51 bits per heavy atom. The third-order valence-electron chi connectivity index (χ3n) is 6.11. The van der Waals surface area contributed by atoms with Gasteiger partial charge in [0.05, 0.1) is 11.4 Å². The van der Waals surface area contributed by atoms with Crippen molar-refractivity contribution < 1.29 is 18.1 Å². The summed E-state index contributed by atoms with van der Waals surface area (Å²) in [5.74, 6) is 0. The molecule has 1 aliphatic heterocycles. The van der Waals surface area contributed by atoms with Gasteiger partial charge in [-0.2, -0.15) is 0 Å². The van der Waals surface area contributed by atoms with Crippen molar-refractivity contribution in [2.75, 3.05) is 52.5 Å². The van der Waals surface area contributed by atoms with Gasteiger partial charge in [0.1, 0.15) is 0 Å². The molecule has 1 aromatic rings. The van der Waals surface area contributed by atoms with Crippen LogP contribution in [0.3, 0.4) is 0 Å². The van der Waals surface area contributed by atoms with Gasteiger partial charge in [-0.15, -0.1) is 0 Å². The third-order valence-corrected chi connectivity index (χ3v) is 9.26. The number of urea groups is 1. The predicted molar refractivity (Wildman–Crippen MR) is 141 cm³/mol. The molecule has 2 heterocycles. The van der Waals surface area contributed by atoms with Gasteiger partial charge in [0, 0.05) is 57.6 Å². The molecule has 10 heteroatoms. The van der Waals surface area contributed by atoms with Crippen molar-refractivity contribution in [2.45, 2.75) is 72.0 Å². The Kier molecular flexibility index (Phi) is 13.8. The summed E-state index contributed by atoms with van der Waals surface area (Å²) in [5, 5.41) is 10.2. The van der Waals surface area contributed by atoms with Gasteiger partial charge in [-0.25, -0.2) is 4.79 Å². The highest BCUT2D eigenvalue weighted by atomic mass is 28.4. The molecule has 2 bridgehead atoms. The fourth-order valence-electron chi connectivity index (χ4n) is 4.27. The lowest BCUT2D eigenvalue weighted by Crippen LogP contribution is -2.47. The number of nitrogens with one attached hydrogen (secondary N) is 3. The van der Waals surface area contributed by atoms with Crippen LogP contribution in [-0.4, -0.2) is 77.3 Å². The Bertz CT molecular complexity index is 691. The van der Waals surface area contributed by atoms with E-state index in [4.69, 9.17) is 18.3 Å². The van der Waals surface area contributed by atoms with Gasteiger partial charge in [0.15, 0.2) is 0 Å². The average molecular weight is 510 g/mol. The Labute approximate surface area is 213 Å². The van der Waals surface area contributed by atoms with Crippen LogP contribution in [0, 0.1) is 0 Å². The smallest absolute Gasteiger partial charge is 0.374 e. The van der Waals surface area contributed by atoms with E-state index in [0.29, 0.717) is 45.5 Å². The molecule has 0 saturated carbocycles. The van der Waals surface area contributed by atoms with E-state index in [1.54, 1.807) is 0 Å². The van der Waals surface area contributed by atoms with E-state index in [-0.39, 0.29) is 18.1 Å². The lowest BCUT2D eigenvalue weighted by Gasteiger charge is -2.29. The van der Waals surface area contributed by atoms with Crippen LogP contribution < -0.4 is 16.0 Å². The highest BCUT2D eigenvalue weighted by Crippen LogP contribution is 2.18. The van der Waals surface area contributed by atoms with Crippen molar-refractivity contribution in [3.8, 4) is 0 Å². The van der Waals surface area contributed by atoms with Gasteiger partial charge in [-0.1, -0.05) is 6.07 Å². The first-order valence-corrected chi connectivity index (χ1v) is 15.3. The summed E-state index contributed by atoms with van der Waals surface area (Å²) in [4.78, 5) is 19.7. The summed E-state index contributed by atoms with van der Waals surface area (Å²) in [5.41, 5.74) is 2.10. The number of aromatic nitrogens is 1.